The predicted octanol–water partition coefficient (Wildman–Crippen LogP) is 2.74. The molecule has 0 saturated heterocycles. The Hall–Kier alpha value is -2.61. The predicted molar refractivity (Wildman–Crippen MR) is 101 cm³/mol. The van der Waals surface area contributed by atoms with E-state index >= 15 is 0 Å². The summed E-state index contributed by atoms with van der Waals surface area (Å²) in [4.78, 5) is 27.8. The molecule has 0 radical (unpaired) electrons. The van der Waals surface area contributed by atoms with Gasteiger partial charge in [-0.1, -0.05) is 0 Å². The monoisotopic (exact) mass is 390 g/mol. The molecule has 0 aliphatic heterocycles. The number of carboxylic acid groups (broad SMARTS) is 1. The van der Waals surface area contributed by atoms with Crippen molar-refractivity contribution in [2.75, 3.05) is 14.2 Å². The maximum atomic E-state index is 12.2. The summed E-state index contributed by atoms with van der Waals surface area (Å²) in [6.07, 6.45) is 1.99. The first kappa shape index (κ1) is 19.2. The van der Waals surface area contributed by atoms with Crippen LogP contribution in [-0.4, -0.2) is 42.2 Å². The Morgan fingerprint density at radius 2 is 2.04 bits per heavy atom. The third kappa shape index (κ3) is 4.57. The fraction of sp³-hybridized carbons (Fsp3) is 0.421. The molecule has 1 aromatic carbocycles. The Morgan fingerprint density at radius 3 is 2.70 bits per heavy atom. The molecule has 3 rings (SSSR count). The first-order valence-corrected chi connectivity index (χ1v) is 9.57. The first-order chi connectivity index (χ1) is 13.0. The van der Waals surface area contributed by atoms with Crippen molar-refractivity contribution in [3.8, 4) is 22.1 Å². The van der Waals surface area contributed by atoms with E-state index in [0.717, 1.165) is 10.6 Å². The van der Waals surface area contributed by atoms with Gasteiger partial charge < -0.3 is 19.9 Å². The van der Waals surface area contributed by atoms with Gasteiger partial charge in [-0.2, -0.15) is 0 Å². The lowest BCUT2D eigenvalue weighted by Crippen LogP contribution is -2.34. The first-order valence-electron chi connectivity index (χ1n) is 8.69. The summed E-state index contributed by atoms with van der Waals surface area (Å²) in [5.41, 5.74) is 1.58. The average molecular weight is 390 g/mol. The standard InChI is InChI=1S/C19H22N2O5S/c1-25-15-6-4-11(8-16(15)26-2)18-21-14(10-27-18)9-17(22)20-13-5-3-12(7-13)19(23)24/h4,6,8,10,12-13H,3,5,7,9H2,1-2H3,(H,20,22)(H,23,24)/t12-,13+/m0/s1. The molecule has 1 aliphatic carbocycles. The van der Waals surface area contributed by atoms with Crippen LogP contribution in [-0.2, 0) is 16.0 Å². The molecule has 1 amide bonds. The second kappa shape index (κ2) is 8.39. The number of hydrogen-bond donors (Lipinski definition) is 2. The zero-order chi connectivity index (χ0) is 19.4. The SMILES string of the molecule is COc1ccc(-c2nc(CC(=O)N[C@@H]3CC[C@H](C(=O)O)C3)cs2)cc1OC. The highest BCUT2D eigenvalue weighted by atomic mass is 32.1. The van der Waals surface area contributed by atoms with E-state index in [4.69, 9.17) is 14.6 Å². The number of aliphatic carboxylic acids is 1. The lowest BCUT2D eigenvalue weighted by Gasteiger charge is -2.11. The third-order valence-corrected chi connectivity index (χ3v) is 5.61. The number of amides is 1. The van der Waals surface area contributed by atoms with Crippen molar-refractivity contribution in [2.45, 2.75) is 31.7 Å². The molecule has 0 bridgehead atoms. The fourth-order valence-corrected chi connectivity index (χ4v) is 4.09. The number of hydrogen-bond acceptors (Lipinski definition) is 6. The van der Waals surface area contributed by atoms with Gasteiger partial charge in [0.1, 0.15) is 5.01 Å². The van der Waals surface area contributed by atoms with Crippen LogP contribution in [0.3, 0.4) is 0 Å². The van der Waals surface area contributed by atoms with Crippen LogP contribution in [0.2, 0.25) is 0 Å². The van der Waals surface area contributed by atoms with Crippen molar-refractivity contribution in [3.63, 3.8) is 0 Å². The van der Waals surface area contributed by atoms with Crippen LogP contribution < -0.4 is 14.8 Å². The van der Waals surface area contributed by atoms with Gasteiger partial charge in [0.2, 0.25) is 5.91 Å². The fourth-order valence-electron chi connectivity index (χ4n) is 3.27. The van der Waals surface area contributed by atoms with Crippen molar-refractivity contribution >= 4 is 23.2 Å². The second-order valence-electron chi connectivity index (χ2n) is 6.50. The molecule has 0 spiro atoms. The van der Waals surface area contributed by atoms with Crippen LogP contribution in [0.1, 0.15) is 25.0 Å². The number of nitrogens with zero attached hydrogens (tertiary/aromatic N) is 1. The van der Waals surface area contributed by atoms with Gasteiger partial charge in [-0.05, 0) is 37.5 Å². The molecule has 1 heterocycles. The maximum Gasteiger partial charge on any atom is 0.306 e. The molecule has 8 heteroatoms. The Balaban J connectivity index is 1.61. The molecule has 0 unspecified atom stereocenters. The summed E-state index contributed by atoms with van der Waals surface area (Å²) >= 11 is 1.46. The highest BCUT2D eigenvalue weighted by Crippen LogP contribution is 2.33. The van der Waals surface area contributed by atoms with E-state index in [-0.39, 0.29) is 24.3 Å². The topological polar surface area (TPSA) is 97.8 Å². The van der Waals surface area contributed by atoms with E-state index in [2.05, 4.69) is 10.3 Å². The number of methoxy groups -OCH3 is 2. The summed E-state index contributed by atoms with van der Waals surface area (Å²) in [6.45, 7) is 0. The Morgan fingerprint density at radius 1 is 1.26 bits per heavy atom. The zero-order valence-electron chi connectivity index (χ0n) is 15.2. The van der Waals surface area contributed by atoms with E-state index < -0.39 is 5.97 Å². The molecule has 1 fully saturated rings. The largest absolute Gasteiger partial charge is 0.493 e. The molecule has 2 atom stereocenters. The second-order valence-corrected chi connectivity index (χ2v) is 7.36. The Kier molecular flexibility index (Phi) is 5.95. The lowest BCUT2D eigenvalue weighted by molar-refractivity contribution is -0.141. The van der Waals surface area contributed by atoms with E-state index in [1.807, 2.05) is 23.6 Å². The van der Waals surface area contributed by atoms with Crippen molar-refractivity contribution in [1.29, 1.82) is 0 Å². The maximum absolute atomic E-state index is 12.2. The molecular formula is C19H22N2O5S. The summed E-state index contributed by atoms with van der Waals surface area (Å²) in [5, 5.41) is 14.6. The van der Waals surface area contributed by atoms with Gasteiger partial charge in [0, 0.05) is 17.0 Å². The minimum absolute atomic E-state index is 0.0671. The van der Waals surface area contributed by atoms with Crippen LogP contribution in [0, 0.1) is 5.92 Å². The van der Waals surface area contributed by atoms with Crippen molar-refractivity contribution in [1.82, 2.24) is 10.3 Å². The number of rotatable bonds is 7. The van der Waals surface area contributed by atoms with Gasteiger partial charge in [-0.25, -0.2) is 4.98 Å². The molecule has 1 saturated carbocycles. The number of carbonyl (C=O) groups excluding carboxylic acids is 1. The van der Waals surface area contributed by atoms with E-state index in [9.17, 15) is 9.59 Å². The van der Waals surface area contributed by atoms with Crippen molar-refractivity contribution in [3.05, 3.63) is 29.3 Å². The van der Waals surface area contributed by atoms with Crippen LogP contribution in [0.4, 0.5) is 0 Å². The number of benzene rings is 1. The van der Waals surface area contributed by atoms with Gasteiger partial charge in [0.15, 0.2) is 11.5 Å². The molecule has 2 N–H and O–H groups in total. The van der Waals surface area contributed by atoms with E-state index in [1.54, 1.807) is 14.2 Å². The highest BCUT2D eigenvalue weighted by molar-refractivity contribution is 7.13. The third-order valence-electron chi connectivity index (χ3n) is 4.67. The van der Waals surface area contributed by atoms with E-state index in [0.29, 0.717) is 36.5 Å². The normalized spacial score (nSPS) is 18.9. The summed E-state index contributed by atoms with van der Waals surface area (Å²) in [7, 11) is 3.16. The smallest absolute Gasteiger partial charge is 0.306 e. The minimum Gasteiger partial charge on any atom is -0.493 e. The number of nitrogens with one attached hydrogen (secondary N) is 1. The van der Waals surface area contributed by atoms with Crippen LogP contribution in [0.5, 0.6) is 11.5 Å². The van der Waals surface area contributed by atoms with Crippen molar-refractivity contribution in [2.24, 2.45) is 5.92 Å². The highest BCUT2D eigenvalue weighted by Gasteiger charge is 2.30. The van der Waals surface area contributed by atoms with Crippen LogP contribution in [0.25, 0.3) is 10.6 Å². The molecule has 1 aromatic heterocycles. The number of ether oxygens (including phenoxy) is 2. The zero-order valence-corrected chi connectivity index (χ0v) is 16.0. The summed E-state index contributed by atoms with van der Waals surface area (Å²) < 4.78 is 10.6. The number of carbonyl (C=O) groups is 2. The minimum atomic E-state index is -0.786. The van der Waals surface area contributed by atoms with Crippen LogP contribution in [0.15, 0.2) is 23.6 Å². The molecule has 1 aliphatic rings. The Bertz CT molecular complexity index is 835. The molecule has 144 valence electrons. The van der Waals surface area contributed by atoms with Gasteiger partial charge in [-0.15, -0.1) is 11.3 Å². The van der Waals surface area contributed by atoms with Gasteiger partial charge >= 0.3 is 5.97 Å². The molecule has 2 aromatic rings. The van der Waals surface area contributed by atoms with E-state index in [1.165, 1.54) is 11.3 Å². The van der Waals surface area contributed by atoms with Crippen molar-refractivity contribution < 1.29 is 24.2 Å². The Labute approximate surface area is 161 Å². The summed E-state index contributed by atoms with van der Waals surface area (Å²) in [6, 6.07) is 5.50. The molecular weight excluding hydrogens is 368 g/mol. The van der Waals surface area contributed by atoms with Gasteiger partial charge in [0.25, 0.3) is 0 Å². The average Bonchev–Trinajstić information content (AvgIpc) is 3.30. The van der Waals surface area contributed by atoms with Crippen LogP contribution >= 0.6 is 11.3 Å². The number of thiazole rings is 1. The quantitative estimate of drug-likeness (QED) is 0.754. The number of carboxylic acids is 1. The molecule has 27 heavy (non-hydrogen) atoms. The molecule has 7 nitrogen and oxygen atoms in total. The lowest BCUT2D eigenvalue weighted by atomic mass is 10.1. The van der Waals surface area contributed by atoms with Gasteiger partial charge in [0.05, 0.1) is 32.3 Å². The summed E-state index contributed by atoms with van der Waals surface area (Å²) in [5.74, 6) is -0.000383. The van der Waals surface area contributed by atoms with Gasteiger partial charge in [-0.3, -0.25) is 9.59 Å². The number of aromatic nitrogens is 1.